The van der Waals surface area contributed by atoms with E-state index in [0.717, 1.165) is 19.5 Å². The fourth-order valence-electron chi connectivity index (χ4n) is 2.25. The molecule has 0 radical (unpaired) electrons. The number of hydrogen-bond donors (Lipinski definition) is 2. The Hall–Kier alpha value is -0.610. The Bertz CT molecular complexity index is 234. The van der Waals surface area contributed by atoms with Gasteiger partial charge in [-0.2, -0.15) is 0 Å². The van der Waals surface area contributed by atoms with Crippen LogP contribution >= 0.6 is 0 Å². The van der Waals surface area contributed by atoms with Gasteiger partial charge in [-0.1, -0.05) is 27.2 Å². The van der Waals surface area contributed by atoms with Crippen molar-refractivity contribution < 1.29 is 9.90 Å². The van der Waals surface area contributed by atoms with Crippen LogP contribution in [0, 0.1) is 0 Å². The Morgan fingerprint density at radius 3 is 2.28 bits per heavy atom. The Balaban J connectivity index is 4.15. The Morgan fingerprint density at radius 2 is 1.83 bits per heavy atom. The summed E-state index contributed by atoms with van der Waals surface area (Å²) in [5, 5.41) is 12.5. The lowest BCUT2D eigenvalue weighted by atomic mass is 9.90. The molecule has 0 spiro atoms. The topological polar surface area (TPSA) is 52.6 Å². The molecule has 0 heterocycles. The number of aliphatic carboxylic acids is 1. The number of rotatable bonds is 11. The first-order chi connectivity index (χ1) is 8.52. The molecule has 0 bridgehead atoms. The van der Waals surface area contributed by atoms with E-state index in [1.807, 2.05) is 13.8 Å². The van der Waals surface area contributed by atoms with Gasteiger partial charge in [0.25, 0.3) is 0 Å². The lowest BCUT2D eigenvalue weighted by Crippen LogP contribution is -2.51. The molecule has 18 heavy (non-hydrogen) atoms. The van der Waals surface area contributed by atoms with Crippen LogP contribution in [0.2, 0.25) is 0 Å². The van der Waals surface area contributed by atoms with Crippen molar-refractivity contribution in [3.8, 4) is 0 Å². The second-order valence-electron chi connectivity index (χ2n) is 5.03. The molecule has 4 nitrogen and oxygen atoms in total. The third kappa shape index (κ3) is 5.83. The van der Waals surface area contributed by atoms with E-state index >= 15 is 0 Å². The van der Waals surface area contributed by atoms with Gasteiger partial charge in [-0.15, -0.1) is 0 Å². The standard InChI is InChI=1S/C14H30N2O2/c1-5-8-11-16(4)12-9-10-14(6-2,13(17)18)15-7-3/h15H,5-12H2,1-4H3,(H,17,18). The minimum Gasteiger partial charge on any atom is -0.480 e. The predicted octanol–water partition coefficient (Wildman–Crippen LogP) is 2.34. The molecule has 1 atom stereocenters. The number of carbonyl (C=O) groups is 1. The summed E-state index contributed by atoms with van der Waals surface area (Å²) in [6, 6.07) is 0. The second kappa shape index (κ2) is 9.34. The highest BCUT2D eigenvalue weighted by molar-refractivity contribution is 5.78. The molecule has 0 aromatic carbocycles. The van der Waals surface area contributed by atoms with Crippen molar-refractivity contribution in [2.75, 3.05) is 26.7 Å². The highest BCUT2D eigenvalue weighted by Crippen LogP contribution is 2.18. The monoisotopic (exact) mass is 258 g/mol. The van der Waals surface area contributed by atoms with E-state index in [-0.39, 0.29) is 0 Å². The number of nitrogens with one attached hydrogen (secondary N) is 1. The number of carboxylic acid groups (broad SMARTS) is 1. The number of nitrogens with zero attached hydrogens (tertiary/aromatic N) is 1. The summed E-state index contributed by atoms with van der Waals surface area (Å²) in [4.78, 5) is 13.7. The summed E-state index contributed by atoms with van der Waals surface area (Å²) in [6.45, 7) is 8.86. The molecule has 0 aromatic heterocycles. The second-order valence-corrected chi connectivity index (χ2v) is 5.03. The molecule has 0 aliphatic carbocycles. The third-order valence-corrected chi connectivity index (χ3v) is 3.56. The van der Waals surface area contributed by atoms with Gasteiger partial charge in [-0.05, 0) is 52.4 Å². The van der Waals surface area contributed by atoms with Gasteiger partial charge in [-0.25, -0.2) is 0 Å². The van der Waals surface area contributed by atoms with Gasteiger partial charge in [0.2, 0.25) is 0 Å². The Morgan fingerprint density at radius 1 is 1.22 bits per heavy atom. The van der Waals surface area contributed by atoms with Gasteiger partial charge >= 0.3 is 5.97 Å². The van der Waals surface area contributed by atoms with Crippen LogP contribution in [-0.4, -0.2) is 48.2 Å². The maximum atomic E-state index is 11.4. The summed E-state index contributed by atoms with van der Waals surface area (Å²) in [5.41, 5.74) is -0.736. The minimum absolute atomic E-state index is 0.634. The van der Waals surface area contributed by atoms with Crippen LogP contribution < -0.4 is 5.32 Å². The number of carboxylic acids is 1. The summed E-state index contributed by atoms with van der Waals surface area (Å²) in [6.07, 6.45) is 4.67. The molecule has 4 heteroatoms. The lowest BCUT2D eigenvalue weighted by molar-refractivity contribution is -0.145. The summed E-state index contributed by atoms with van der Waals surface area (Å²) in [5.74, 6) is -0.719. The molecule has 1 unspecified atom stereocenters. The van der Waals surface area contributed by atoms with Gasteiger partial charge in [0.05, 0.1) is 0 Å². The maximum Gasteiger partial charge on any atom is 0.323 e. The zero-order valence-electron chi connectivity index (χ0n) is 12.5. The van der Waals surface area contributed by atoms with Gasteiger partial charge in [0.1, 0.15) is 5.54 Å². The molecule has 2 N–H and O–H groups in total. The maximum absolute atomic E-state index is 11.4. The fourth-order valence-corrected chi connectivity index (χ4v) is 2.25. The van der Waals surface area contributed by atoms with Gasteiger partial charge in [0.15, 0.2) is 0 Å². The van der Waals surface area contributed by atoms with Gasteiger partial charge in [0, 0.05) is 0 Å². The SMILES string of the molecule is CCCCN(C)CCCC(CC)(NCC)C(=O)O. The van der Waals surface area contributed by atoms with Crippen molar-refractivity contribution >= 4 is 5.97 Å². The molecule has 0 saturated carbocycles. The van der Waals surface area contributed by atoms with Crippen molar-refractivity contribution in [3.05, 3.63) is 0 Å². The highest BCUT2D eigenvalue weighted by atomic mass is 16.4. The highest BCUT2D eigenvalue weighted by Gasteiger charge is 2.34. The normalized spacial score (nSPS) is 14.7. The number of hydrogen-bond acceptors (Lipinski definition) is 3. The van der Waals surface area contributed by atoms with E-state index in [1.54, 1.807) is 0 Å². The zero-order valence-corrected chi connectivity index (χ0v) is 12.5. The third-order valence-electron chi connectivity index (χ3n) is 3.56. The van der Waals surface area contributed by atoms with Crippen molar-refractivity contribution in [2.45, 2.75) is 58.4 Å². The summed E-state index contributed by atoms with van der Waals surface area (Å²) >= 11 is 0. The van der Waals surface area contributed by atoms with Crippen molar-refractivity contribution in [1.29, 1.82) is 0 Å². The van der Waals surface area contributed by atoms with Crippen molar-refractivity contribution in [2.24, 2.45) is 0 Å². The Labute approximate surface area is 112 Å². The van der Waals surface area contributed by atoms with Crippen LogP contribution in [0.4, 0.5) is 0 Å². The molecular weight excluding hydrogens is 228 g/mol. The fraction of sp³-hybridized carbons (Fsp3) is 0.929. The molecule has 0 aromatic rings. The van der Waals surface area contributed by atoms with E-state index in [9.17, 15) is 9.90 Å². The van der Waals surface area contributed by atoms with Crippen LogP contribution in [0.15, 0.2) is 0 Å². The van der Waals surface area contributed by atoms with Gasteiger partial charge < -0.3 is 15.3 Å². The first-order valence-corrected chi connectivity index (χ1v) is 7.19. The van der Waals surface area contributed by atoms with E-state index in [2.05, 4.69) is 24.2 Å². The molecule has 0 amide bonds. The molecule has 0 saturated heterocycles. The van der Waals surface area contributed by atoms with Crippen molar-refractivity contribution in [1.82, 2.24) is 10.2 Å². The van der Waals surface area contributed by atoms with Crippen LogP contribution in [-0.2, 0) is 4.79 Å². The van der Waals surface area contributed by atoms with Gasteiger partial charge in [-0.3, -0.25) is 4.79 Å². The largest absolute Gasteiger partial charge is 0.480 e. The molecular formula is C14H30N2O2. The average molecular weight is 258 g/mol. The number of unbranched alkanes of at least 4 members (excludes halogenated alkanes) is 1. The van der Waals surface area contributed by atoms with E-state index < -0.39 is 11.5 Å². The first-order valence-electron chi connectivity index (χ1n) is 7.19. The molecule has 0 aliphatic rings. The Kier molecular flexibility index (Phi) is 9.02. The van der Waals surface area contributed by atoms with Crippen LogP contribution in [0.25, 0.3) is 0 Å². The van der Waals surface area contributed by atoms with E-state index in [1.165, 1.54) is 12.8 Å². The quantitative estimate of drug-likeness (QED) is 0.597. The number of likely N-dealkylation sites (N-methyl/N-ethyl adjacent to an activating group) is 1. The lowest BCUT2D eigenvalue weighted by Gasteiger charge is -2.30. The summed E-state index contributed by atoms with van der Waals surface area (Å²) < 4.78 is 0. The van der Waals surface area contributed by atoms with E-state index in [0.29, 0.717) is 19.4 Å². The summed E-state index contributed by atoms with van der Waals surface area (Å²) in [7, 11) is 2.11. The molecule has 0 rings (SSSR count). The average Bonchev–Trinajstić information content (AvgIpc) is 2.34. The van der Waals surface area contributed by atoms with Crippen LogP contribution in [0.1, 0.15) is 52.9 Å². The minimum atomic E-state index is -0.736. The molecule has 0 fully saturated rings. The zero-order chi connectivity index (χ0) is 14.0. The van der Waals surface area contributed by atoms with Crippen LogP contribution in [0.3, 0.4) is 0 Å². The smallest absolute Gasteiger partial charge is 0.323 e. The first kappa shape index (κ1) is 17.4. The predicted molar refractivity (Wildman–Crippen MR) is 76.0 cm³/mol. The molecule has 108 valence electrons. The van der Waals surface area contributed by atoms with Crippen molar-refractivity contribution in [3.63, 3.8) is 0 Å². The van der Waals surface area contributed by atoms with E-state index in [4.69, 9.17) is 0 Å². The molecule has 0 aliphatic heterocycles. The van der Waals surface area contributed by atoms with Crippen LogP contribution in [0.5, 0.6) is 0 Å².